The predicted octanol–water partition coefficient (Wildman–Crippen LogP) is 1.63. The summed E-state index contributed by atoms with van der Waals surface area (Å²) in [5.74, 6) is 0.194. The summed E-state index contributed by atoms with van der Waals surface area (Å²) in [6.07, 6.45) is 2.64. The molecule has 0 aliphatic heterocycles. The van der Waals surface area contributed by atoms with Gasteiger partial charge in [-0.2, -0.15) is 0 Å². The third-order valence-corrected chi connectivity index (χ3v) is 1.07. The van der Waals surface area contributed by atoms with Crippen LogP contribution < -0.4 is 0 Å². The van der Waals surface area contributed by atoms with Gasteiger partial charge in [0.1, 0.15) is 0 Å². The standard InChI is InChI=1S/C6H11O/c1-3-6(4-2)5-7/h3,6H,1,4-5H2,2H3. The average molecular weight is 99.2 g/mol. The Kier molecular flexibility index (Phi) is 3.71. The Morgan fingerprint density at radius 2 is 2.43 bits per heavy atom. The van der Waals surface area contributed by atoms with Crippen LogP contribution in [0.5, 0.6) is 0 Å². The minimum absolute atomic E-state index is 0.0139. The Hall–Kier alpha value is -0.300. The third kappa shape index (κ3) is 2.40. The lowest BCUT2D eigenvalue weighted by Crippen LogP contribution is -1.96. The maximum absolute atomic E-state index is 10.0. The van der Waals surface area contributed by atoms with Crippen LogP contribution in [-0.2, 0) is 5.11 Å². The van der Waals surface area contributed by atoms with Gasteiger partial charge in [-0.05, 0) is 6.42 Å². The molecule has 0 amide bonds. The van der Waals surface area contributed by atoms with Gasteiger partial charge in [-0.15, -0.1) is 6.58 Å². The lowest BCUT2D eigenvalue weighted by molar-refractivity contribution is 0.160. The fourth-order valence-corrected chi connectivity index (χ4v) is 0.353. The molecule has 0 saturated carbocycles. The van der Waals surface area contributed by atoms with Gasteiger partial charge >= 0.3 is 0 Å². The Labute approximate surface area is 44.7 Å². The van der Waals surface area contributed by atoms with Crippen molar-refractivity contribution < 1.29 is 5.11 Å². The summed E-state index contributed by atoms with van der Waals surface area (Å²) < 4.78 is 0. The molecular weight excluding hydrogens is 88.1 g/mol. The van der Waals surface area contributed by atoms with E-state index < -0.39 is 0 Å². The second kappa shape index (κ2) is 3.88. The van der Waals surface area contributed by atoms with Crippen molar-refractivity contribution in [2.45, 2.75) is 13.3 Å². The van der Waals surface area contributed by atoms with E-state index >= 15 is 0 Å². The molecule has 0 aromatic carbocycles. The minimum atomic E-state index is -0.0139. The smallest absolute Gasteiger partial charge is 0.0884 e. The molecule has 0 N–H and O–H groups in total. The highest BCUT2D eigenvalue weighted by atomic mass is 16.3. The van der Waals surface area contributed by atoms with E-state index in [1.807, 2.05) is 6.92 Å². The van der Waals surface area contributed by atoms with Crippen LogP contribution in [0.3, 0.4) is 0 Å². The Morgan fingerprint density at radius 3 is 2.43 bits per heavy atom. The van der Waals surface area contributed by atoms with Gasteiger partial charge in [-0.25, -0.2) is 5.11 Å². The quantitative estimate of drug-likeness (QED) is 0.479. The molecular formula is C6H11O. The van der Waals surface area contributed by atoms with Crippen LogP contribution in [0.4, 0.5) is 0 Å². The van der Waals surface area contributed by atoms with Crippen molar-refractivity contribution in [1.82, 2.24) is 0 Å². The van der Waals surface area contributed by atoms with Gasteiger partial charge in [0, 0.05) is 5.92 Å². The fourth-order valence-electron chi connectivity index (χ4n) is 0.353. The van der Waals surface area contributed by atoms with Gasteiger partial charge in [0.25, 0.3) is 0 Å². The monoisotopic (exact) mass is 99.1 g/mol. The highest BCUT2D eigenvalue weighted by Crippen LogP contribution is 1.99. The molecule has 0 aliphatic rings. The molecule has 0 bridgehead atoms. The third-order valence-electron chi connectivity index (χ3n) is 1.07. The zero-order valence-electron chi connectivity index (χ0n) is 4.68. The van der Waals surface area contributed by atoms with Gasteiger partial charge < -0.3 is 0 Å². The van der Waals surface area contributed by atoms with E-state index in [-0.39, 0.29) is 12.5 Å². The molecule has 41 valence electrons. The molecule has 1 unspecified atom stereocenters. The van der Waals surface area contributed by atoms with Crippen LogP contribution in [-0.4, -0.2) is 6.61 Å². The molecule has 0 spiro atoms. The van der Waals surface area contributed by atoms with Crippen molar-refractivity contribution in [1.29, 1.82) is 0 Å². The van der Waals surface area contributed by atoms with Gasteiger partial charge in [0.05, 0.1) is 6.61 Å². The first-order chi connectivity index (χ1) is 3.35. The summed E-state index contributed by atoms with van der Waals surface area (Å²) in [6.45, 7) is 5.48. The maximum atomic E-state index is 10.0. The lowest BCUT2D eigenvalue weighted by Gasteiger charge is -1.98. The minimum Gasteiger partial charge on any atom is -0.236 e. The zero-order valence-corrected chi connectivity index (χ0v) is 4.68. The first kappa shape index (κ1) is 6.70. The topological polar surface area (TPSA) is 19.9 Å². The van der Waals surface area contributed by atoms with Crippen LogP contribution >= 0.6 is 0 Å². The first-order valence-corrected chi connectivity index (χ1v) is 2.55. The van der Waals surface area contributed by atoms with Gasteiger partial charge in [-0.3, -0.25) is 0 Å². The van der Waals surface area contributed by atoms with Crippen molar-refractivity contribution in [2.75, 3.05) is 6.61 Å². The molecule has 0 aliphatic carbocycles. The van der Waals surface area contributed by atoms with Crippen LogP contribution in [0.2, 0.25) is 0 Å². The number of rotatable bonds is 3. The molecule has 7 heavy (non-hydrogen) atoms. The Bertz CT molecular complexity index is 46.1. The summed E-state index contributed by atoms with van der Waals surface area (Å²) in [5.41, 5.74) is 0. The molecule has 0 heterocycles. The molecule has 1 radical (unpaired) electrons. The van der Waals surface area contributed by atoms with Crippen molar-refractivity contribution in [3.63, 3.8) is 0 Å². The summed E-state index contributed by atoms with van der Waals surface area (Å²) >= 11 is 0. The molecule has 1 heteroatoms. The summed E-state index contributed by atoms with van der Waals surface area (Å²) in [7, 11) is 0. The summed E-state index contributed by atoms with van der Waals surface area (Å²) in [5, 5.41) is 10.0. The molecule has 0 aromatic heterocycles. The van der Waals surface area contributed by atoms with Crippen molar-refractivity contribution in [2.24, 2.45) is 5.92 Å². The van der Waals surface area contributed by atoms with E-state index in [4.69, 9.17) is 0 Å². The molecule has 0 rings (SSSR count). The highest BCUT2D eigenvalue weighted by Gasteiger charge is 1.95. The van der Waals surface area contributed by atoms with Crippen molar-refractivity contribution in [3.8, 4) is 0 Å². The van der Waals surface area contributed by atoms with E-state index in [0.29, 0.717) is 0 Å². The van der Waals surface area contributed by atoms with Crippen LogP contribution in [0.25, 0.3) is 0 Å². The molecule has 1 atom stereocenters. The van der Waals surface area contributed by atoms with E-state index in [2.05, 4.69) is 6.58 Å². The van der Waals surface area contributed by atoms with Gasteiger partial charge in [0.2, 0.25) is 0 Å². The summed E-state index contributed by atoms with van der Waals surface area (Å²) in [6, 6.07) is 0. The van der Waals surface area contributed by atoms with E-state index in [1.165, 1.54) is 0 Å². The van der Waals surface area contributed by atoms with E-state index in [0.717, 1.165) is 6.42 Å². The first-order valence-electron chi connectivity index (χ1n) is 2.55. The van der Waals surface area contributed by atoms with E-state index in [1.54, 1.807) is 6.08 Å². The highest BCUT2D eigenvalue weighted by molar-refractivity contribution is 4.76. The SMILES string of the molecule is C=CC(CC)C[O]. The second-order valence-corrected chi connectivity index (χ2v) is 1.57. The number of hydrogen-bond acceptors (Lipinski definition) is 0. The summed E-state index contributed by atoms with van der Waals surface area (Å²) in [4.78, 5) is 0. The van der Waals surface area contributed by atoms with Crippen LogP contribution in [0.1, 0.15) is 13.3 Å². The van der Waals surface area contributed by atoms with Crippen LogP contribution in [0, 0.1) is 5.92 Å². The largest absolute Gasteiger partial charge is 0.236 e. The zero-order chi connectivity index (χ0) is 5.70. The fraction of sp³-hybridized carbons (Fsp3) is 0.667. The van der Waals surface area contributed by atoms with Gasteiger partial charge in [0.15, 0.2) is 0 Å². The van der Waals surface area contributed by atoms with Gasteiger partial charge in [-0.1, -0.05) is 13.0 Å². The molecule has 1 nitrogen and oxygen atoms in total. The molecule has 0 aromatic rings. The van der Waals surface area contributed by atoms with Crippen molar-refractivity contribution in [3.05, 3.63) is 12.7 Å². The normalized spacial score (nSPS) is 13.4. The average Bonchev–Trinajstić information content (AvgIpc) is 1.72. The van der Waals surface area contributed by atoms with Crippen LogP contribution in [0.15, 0.2) is 12.7 Å². The Balaban J connectivity index is 3.16. The number of hydrogen-bond donors (Lipinski definition) is 0. The molecule has 0 fully saturated rings. The lowest BCUT2D eigenvalue weighted by atomic mass is 10.1. The van der Waals surface area contributed by atoms with Crippen molar-refractivity contribution >= 4 is 0 Å². The molecule has 0 saturated heterocycles. The predicted molar refractivity (Wildman–Crippen MR) is 29.5 cm³/mol. The van der Waals surface area contributed by atoms with E-state index in [9.17, 15) is 5.11 Å². The Morgan fingerprint density at radius 1 is 1.86 bits per heavy atom. The second-order valence-electron chi connectivity index (χ2n) is 1.57. The maximum Gasteiger partial charge on any atom is 0.0884 e.